The number of nitrogens with zero attached hydrogens (tertiary/aromatic N) is 2. The van der Waals surface area contributed by atoms with Crippen LogP contribution < -0.4 is 21.3 Å². The van der Waals surface area contributed by atoms with Crippen LogP contribution in [0.15, 0.2) is 140 Å². The van der Waals surface area contributed by atoms with Crippen molar-refractivity contribution < 1.29 is 48.4 Å². The summed E-state index contributed by atoms with van der Waals surface area (Å²) < 4.78 is 104. The van der Waals surface area contributed by atoms with Gasteiger partial charge in [0.15, 0.2) is 0 Å². The molecule has 0 unspecified atom stereocenters. The van der Waals surface area contributed by atoms with E-state index in [4.69, 9.17) is 43.6 Å². The molecule has 2 saturated heterocycles. The van der Waals surface area contributed by atoms with Gasteiger partial charge >= 0.3 is 6.18 Å². The van der Waals surface area contributed by atoms with Crippen LogP contribution in [0.1, 0.15) is 63.5 Å². The Morgan fingerprint density at radius 2 is 0.855 bits per heavy atom. The lowest BCUT2D eigenvalue weighted by Gasteiger charge is -2.31. The standard InChI is InChI=1S/C24H23ClF3N3O4S.C23H23Cl2N3O4S/c25-18-5-1-16(2-6-18)23(32)29-15-21-9-10-22(35-21)36(33,34)31-13-11-20(12-14-31)30-19-7-3-17(4-8-19)24(26,27)28;24-17-3-1-16(2-4-17)23(29)26-15-21-9-10-22(32-21)33(30,31)28-13-11-20(12-14-28)27-19-7-5-18(25)6-8-19/h1-10,20,30H,11-15H2,(H,29,32);1-10,20,27H,11-15H2,(H,26,29). The topological polar surface area (TPSA) is 183 Å². The largest absolute Gasteiger partial charge is 0.446 e. The number of hydrogen-bond acceptors (Lipinski definition) is 10. The van der Waals surface area contributed by atoms with Crippen molar-refractivity contribution >= 4 is 78.0 Å². The number of sulfonamides is 2. The lowest BCUT2D eigenvalue weighted by atomic mass is 10.1. The highest BCUT2D eigenvalue weighted by atomic mass is 35.5. The summed E-state index contributed by atoms with van der Waals surface area (Å²) in [6.07, 6.45) is -2.10. The maximum Gasteiger partial charge on any atom is 0.416 e. The van der Waals surface area contributed by atoms with Gasteiger partial charge in [-0.15, -0.1) is 0 Å². The number of piperidine rings is 2. The van der Waals surface area contributed by atoms with E-state index in [9.17, 15) is 39.6 Å². The minimum atomic E-state index is -4.40. The summed E-state index contributed by atoms with van der Waals surface area (Å²) in [4.78, 5) is 24.4. The lowest BCUT2D eigenvalue weighted by Crippen LogP contribution is -2.42. The highest BCUT2D eigenvalue weighted by molar-refractivity contribution is 7.89. The molecule has 0 saturated carbocycles. The minimum absolute atomic E-state index is 0.0100. The van der Waals surface area contributed by atoms with E-state index < -0.39 is 31.8 Å². The summed E-state index contributed by atoms with van der Waals surface area (Å²) in [6, 6.07) is 30.9. The maximum absolute atomic E-state index is 13.0. The number of rotatable bonds is 14. The average molecular weight is 1050 g/mol. The molecule has 0 radical (unpaired) electrons. The fourth-order valence-electron chi connectivity index (χ4n) is 7.43. The Balaban J connectivity index is 0.000000205. The Hall–Kier alpha value is -5.54. The Bertz CT molecular complexity index is 2910. The van der Waals surface area contributed by atoms with Crippen LogP contribution in [0.2, 0.25) is 15.1 Å². The lowest BCUT2D eigenvalue weighted by molar-refractivity contribution is -0.137. The molecule has 4 N–H and O–H groups in total. The summed E-state index contributed by atoms with van der Waals surface area (Å²) >= 11 is 17.6. The number of anilines is 2. The van der Waals surface area contributed by atoms with Crippen LogP contribution in [-0.4, -0.2) is 75.5 Å². The van der Waals surface area contributed by atoms with Crippen LogP contribution in [0.5, 0.6) is 0 Å². The van der Waals surface area contributed by atoms with E-state index in [1.54, 1.807) is 54.6 Å². The molecule has 14 nitrogen and oxygen atoms in total. The van der Waals surface area contributed by atoms with E-state index in [1.807, 2.05) is 24.3 Å². The molecule has 2 amide bonds. The molecule has 4 aromatic carbocycles. The van der Waals surface area contributed by atoms with Crippen molar-refractivity contribution in [2.75, 3.05) is 36.8 Å². The fraction of sp³-hybridized carbons (Fsp3) is 0.277. The third-order valence-electron chi connectivity index (χ3n) is 11.2. The molecule has 2 fully saturated rings. The van der Waals surface area contributed by atoms with Gasteiger partial charge in [0, 0.05) is 75.8 Å². The molecule has 0 spiro atoms. The first kappa shape index (κ1) is 51.3. The van der Waals surface area contributed by atoms with E-state index >= 15 is 0 Å². The molecule has 366 valence electrons. The molecule has 69 heavy (non-hydrogen) atoms. The number of halogens is 6. The van der Waals surface area contributed by atoms with E-state index in [0.29, 0.717) is 76.4 Å². The van der Waals surface area contributed by atoms with Gasteiger partial charge < -0.3 is 30.1 Å². The monoisotopic (exact) mass is 1050 g/mol. The SMILES string of the molecule is O=C(NCc1ccc(S(=O)(=O)N2CCC(Nc3ccc(C(F)(F)F)cc3)CC2)o1)c1ccc(Cl)cc1.O=C(NCc1ccc(S(=O)(=O)N2CCC(Nc3ccc(Cl)cc3)CC2)o1)c1ccc(Cl)cc1. The van der Waals surface area contributed by atoms with E-state index in [-0.39, 0.29) is 66.0 Å². The Kier molecular flexibility index (Phi) is 16.7. The Morgan fingerprint density at radius 3 is 1.20 bits per heavy atom. The van der Waals surface area contributed by atoms with Crippen molar-refractivity contribution in [1.29, 1.82) is 0 Å². The molecule has 0 bridgehead atoms. The smallest absolute Gasteiger partial charge is 0.416 e. The van der Waals surface area contributed by atoms with Gasteiger partial charge in [-0.05, 0) is 147 Å². The van der Waals surface area contributed by atoms with E-state index in [2.05, 4.69) is 21.3 Å². The first-order valence-corrected chi connectivity index (χ1v) is 25.6. The van der Waals surface area contributed by atoms with Gasteiger partial charge in [0.1, 0.15) is 11.5 Å². The maximum atomic E-state index is 13.0. The van der Waals surface area contributed by atoms with Gasteiger partial charge in [-0.2, -0.15) is 21.8 Å². The van der Waals surface area contributed by atoms with Crippen molar-refractivity contribution in [3.8, 4) is 0 Å². The number of carbonyl (C=O) groups is 2. The predicted octanol–water partition coefficient (Wildman–Crippen LogP) is 9.93. The number of carbonyl (C=O) groups excluding carboxylic acids is 2. The van der Waals surface area contributed by atoms with Crippen molar-refractivity contribution in [2.45, 2.75) is 67.2 Å². The molecule has 2 aliphatic rings. The Morgan fingerprint density at radius 1 is 0.522 bits per heavy atom. The van der Waals surface area contributed by atoms with Gasteiger partial charge in [0.05, 0.1) is 18.7 Å². The summed E-state index contributed by atoms with van der Waals surface area (Å²) in [5.74, 6) is -0.0113. The van der Waals surface area contributed by atoms with Gasteiger partial charge in [0.2, 0.25) is 10.2 Å². The summed E-state index contributed by atoms with van der Waals surface area (Å²) in [6.45, 7) is 1.31. The van der Waals surface area contributed by atoms with Crippen molar-refractivity contribution in [2.24, 2.45) is 0 Å². The number of furan rings is 2. The number of alkyl halides is 3. The number of hydrogen-bond donors (Lipinski definition) is 4. The predicted molar refractivity (Wildman–Crippen MR) is 256 cm³/mol. The average Bonchev–Trinajstić information content (AvgIpc) is 4.04. The van der Waals surface area contributed by atoms with E-state index in [0.717, 1.165) is 17.8 Å². The highest BCUT2D eigenvalue weighted by Gasteiger charge is 2.34. The summed E-state index contributed by atoms with van der Waals surface area (Å²) in [5, 5.41) is 13.3. The van der Waals surface area contributed by atoms with Crippen LogP contribution in [-0.2, 0) is 39.3 Å². The minimum Gasteiger partial charge on any atom is -0.446 e. The van der Waals surface area contributed by atoms with E-state index in [1.165, 1.54) is 38.9 Å². The summed E-state index contributed by atoms with van der Waals surface area (Å²) in [7, 11) is -7.61. The second-order valence-electron chi connectivity index (χ2n) is 16.0. The van der Waals surface area contributed by atoms with Gasteiger partial charge in [-0.1, -0.05) is 34.8 Å². The third-order valence-corrected chi connectivity index (χ3v) is 15.5. The first-order valence-electron chi connectivity index (χ1n) is 21.5. The molecule has 6 aromatic rings. The fourth-order valence-corrected chi connectivity index (χ4v) is 10.6. The number of amides is 2. The van der Waals surface area contributed by atoms with Crippen LogP contribution in [0.25, 0.3) is 0 Å². The zero-order valence-electron chi connectivity index (χ0n) is 36.5. The van der Waals surface area contributed by atoms with Gasteiger partial charge in [-0.3, -0.25) is 9.59 Å². The van der Waals surface area contributed by atoms with Gasteiger partial charge in [0.25, 0.3) is 31.9 Å². The van der Waals surface area contributed by atoms with Crippen LogP contribution in [0, 0.1) is 0 Å². The third kappa shape index (κ3) is 13.8. The molecule has 2 aliphatic heterocycles. The number of nitrogens with one attached hydrogen (secondary N) is 4. The van der Waals surface area contributed by atoms with Crippen LogP contribution in [0.4, 0.5) is 24.5 Å². The number of benzene rings is 4. The Labute approximate surface area is 412 Å². The molecule has 0 atom stereocenters. The van der Waals surface area contributed by atoms with Crippen LogP contribution in [0.3, 0.4) is 0 Å². The zero-order valence-corrected chi connectivity index (χ0v) is 40.4. The van der Waals surface area contributed by atoms with Crippen molar-refractivity contribution in [3.05, 3.63) is 165 Å². The summed E-state index contributed by atoms with van der Waals surface area (Å²) in [5.41, 5.74) is 1.63. The first-order chi connectivity index (χ1) is 32.8. The van der Waals surface area contributed by atoms with Crippen molar-refractivity contribution in [3.63, 3.8) is 0 Å². The van der Waals surface area contributed by atoms with Crippen molar-refractivity contribution in [1.82, 2.24) is 19.2 Å². The second-order valence-corrected chi connectivity index (χ2v) is 21.1. The van der Waals surface area contributed by atoms with Gasteiger partial charge in [-0.25, -0.2) is 16.8 Å². The molecule has 0 aliphatic carbocycles. The molecular weight excluding hydrogens is 1000 g/mol. The zero-order chi connectivity index (χ0) is 49.3. The molecule has 2 aromatic heterocycles. The van der Waals surface area contributed by atoms with Crippen LogP contribution >= 0.6 is 34.8 Å². The normalized spacial score (nSPS) is 15.4. The quantitative estimate of drug-likeness (QED) is 0.0819. The highest BCUT2D eigenvalue weighted by Crippen LogP contribution is 2.31. The second kappa shape index (κ2) is 22.5. The molecule has 22 heteroatoms. The molecule has 4 heterocycles. The molecular formula is C47H46Cl3F3N6O8S2. The molecule has 8 rings (SSSR count).